The van der Waals surface area contributed by atoms with Gasteiger partial charge in [-0.05, 0) is 19.1 Å². The van der Waals surface area contributed by atoms with Crippen LogP contribution in [0.15, 0.2) is 41.8 Å². The first-order chi connectivity index (χ1) is 9.22. The lowest BCUT2D eigenvalue weighted by molar-refractivity contribution is -0.116. The largest absolute Gasteiger partial charge is 0.348 e. The zero-order chi connectivity index (χ0) is 13.2. The predicted octanol–water partition coefficient (Wildman–Crippen LogP) is 2.05. The summed E-state index contributed by atoms with van der Waals surface area (Å²) in [6.45, 7) is 2.02. The quantitative estimate of drug-likeness (QED) is 0.911. The number of carbonyl (C=O) groups excluding carboxylic acids is 1. The number of hydrogen-bond acceptors (Lipinski definition) is 3. The lowest BCUT2D eigenvalue weighted by atomic mass is 10.2. The molecule has 2 aromatic rings. The average Bonchev–Trinajstić information content (AvgIpc) is 3.01. The minimum atomic E-state index is 0.00501. The fourth-order valence-electron chi connectivity index (χ4n) is 2.06. The normalized spacial score (nSPS) is 14.9. The molecule has 1 amide bonds. The van der Waals surface area contributed by atoms with E-state index >= 15 is 0 Å². The van der Waals surface area contributed by atoms with Crippen molar-refractivity contribution in [1.82, 2.24) is 9.97 Å². The molecule has 1 N–H and O–H groups in total. The summed E-state index contributed by atoms with van der Waals surface area (Å²) in [5.41, 5.74) is 2.81. The van der Waals surface area contributed by atoms with Gasteiger partial charge >= 0.3 is 0 Å². The second-order valence-electron chi connectivity index (χ2n) is 4.60. The van der Waals surface area contributed by atoms with Crippen LogP contribution in [0.25, 0.3) is 0 Å². The number of carbonyl (C=O) groups is 1. The Morgan fingerprint density at radius 3 is 2.79 bits per heavy atom. The topological polar surface area (TPSA) is 61.4 Å². The highest BCUT2D eigenvalue weighted by atomic mass is 16.2. The summed E-state index contributed by atoms with van der Waals surface area (Å²) in [6, 6.07) is 7.77. The molecule has 0 spiro atoms. The van der Waals surface area contributed by atoms with Gasteiger partial charge < -0.3 is 4.98 Å². The van der Waals surface area contributed by atoms with E-state index < -0.39 is 0 Å². The van der Waals surface area contributed by atoms with Gasteiger partial charge in [0.2, 0.25) is 0 Å². The highest BCUT2D eigenvalue weighted by molar-refractivity contribution is 6.13. The Kier molecular flexibility index (Phi) is 2.87. The van der Waals surface area contributed by atoms with Gasteiger partial charge in [0, 0.05) is 18.8 Å². The summed E-state index contributed by atoms with van der Waals surface area (Å²) in [5.74, 6) is 0.836. The van der Waals surface area contributed by atoms with Crippen LogP contribution in [0.2, 0.25) is 0 Å². The van der Waals surface area contributed by atoms with Crippen LogP contribution in [0.4, 0.5) is 5.69 Å². The van der Waals surface area contributed by atoms with E-state index in [9.17, 15) is 4.79 Å². The first-order valence-electron chi connectivity index (χ1n) is 6.16. The van der Waals surface area contributed by atoms with E-state index in [2.05, 4.69) is 15.1 Å². The Bertz CT molecular complexity index is 613. The van der Waals surface area contributed by atoms with Crippen molar-refractivity contribution in [2.45, 2.75) is 19.8 Å². The molecule has 1 aliphatic rings. The van der Waals surface area contributed by atoms with Crippen molar-refractivity contribution in [3.05, 3.63) is 48.0 Å². The molecule has 0 fully saturated rings. The van der Waals surface area contributed by atoms with E-state index in [1.54, 1.807) is 12.4 Å². The number of rotatable bonds is 3. The van der Waals surface area contributed by atoms with Crippen molar-refractivity contribution in [1.29, 1.82) is 0 Å². The number of aromatic nitrogens is 2. The zero-order valence-electron chi connectivity index (χ0n) is 10.6. The third-order valence-corrected chi connectivity index (χ3v) is 3.04. The molecule has 0 saturated heterocycles. The van der Waals surface area contributed by atoms with E-state index in [0.29, 0.717) is 12.8 Å². The molecule has 96 valence electrons. The van der Waals surface area contributed by atoms with Crippen molar-refractivity contribution in [3.8, 4) is 0 Å². The van der Waals surface area contributed by atoms with Crippen molar-refractivity contribution < 1.29 is 4.79 Å². The van der Waals surface area contributed by atoms with Gasteiger partial charge in [0.15, 0.2) is 0 Å². The maximum Gasteiger partial charge on any atom is 0.253 e. The van der Waals surface area contributed by atoms with Crippen LogP contribution in [0.1, 0.15) is 17.8 Å². The third kappa shape index (κ3) is 2.40. The minimum Gasteiger partial charge on any atom is -0.348 e. The van der Waals surface area contributed by atoms with Crippen LogP contribution in [-0.4, -0.2) is 21.6 Å². The van der Waals surface area contributed by atoms with Crippen LogP contribution in [-0.2, 0) is 11.2 Å². The second-order valence-corrected chi connectivity index (χ2v) is 4.60. The molecule has 0 saturated carbocycles. The molecule has 5 nitrogen and oxygen atoms in total. The minimum absolute atomic E-state index is 0.00501. The maximum atomic E-state index is 12.0. The van der Waals surface area contributed by atoms with Gasteiger partial charge in [-0.15, -0.1) is 0 Å². The summed E-state index contributed by atoms with van der Waals surface area (Å²) < 4.78 is 0. The predicted molar refractivity (Wildman–Crippen MR) is 73.0 cm³/mol. The van der Waals surface area contributed by atoms with Crippen LogP contribution in [0, 0.1) is 6.92 Å². The molecule has 0 unspecified atom stereocenters. The van der Waals surface area contributed by atoms with Crippen LogP contribution >= 0.6 is 0 Å². The number of hydrazone groups is 1. The molecule has 1 aliphatic heterocycles. The SMILES string of the molecule is Cc1ccc(N2N=C(Cc3ncc[nH]3)CC2=O)cc1. The fraction of sp³-hybridized carbons (Fsp3) is 0.214. The number of aryl methyl sites for hydroxylation is 1. The Hall–Kier alpha value is -2.43. The first kappa shape index (κ1) is 11.6. The fourth-order valence-corrected chi connectivity index (χ4v) is 2.06. The number of anilines is 1. The zero-order valence-corrected chi connectivity index (χ0v) is 10.6. The van der Waals surface area contributed by atoms with Gasteiger partial charge in [-0.1, -0.05) is 17.7 Å². The summed E-state index contributed by atoms with van der Waals surface area (Å²) in [5, 5.41) is 5.85. The van der Waals surface area contributed by atoms with Crippen molar-refractivity contribution in [2.75, 3.05) is 5.01 Å². The number of benzene rings is 1. The number of nitrogens with zero attached hydrogens (tertiary/aromatic N) is 3. The molecular weight excluding hydrogens is 240 g/mol. The van der Waals surface area contributed by atoms with E-state index in [-0.39, 0.29) is 5.91 Å². The third-order valence-electron chi connectivity index (χ3n) is 3.04. The lowest BCUT2D eigenvalue weighted by Crippen LogP contribution is -2.19. The average molecular weight is 254 g/mol. The number of aromatic amines is 1. The van der Waals surface area contributed by atoms with Crippen LogP contribution < -0.4 is 5.01 Å². The maximum absolute atomic E-state index is 12.0. The van der Waals surface area contributed by atoms with Gasteiger partial charge in [0.25, 0.3) is 5.91 Å². The van der Waals surface area contributed by atoms with Crippen LogP contribution in [0.3, 0.4) is 0 Å². The lowest BCUT2D eigenvalue weighted by Gasteiger charge is -2.11. The molecule has 5 heteroatoms. The number of amides is 1. The number of H-pyrrole nitrogens is 1. The molecule has 1 aromatic carbocycles. The summed E-state index contributed by atoms with van der Waals surface area (Å²) in [6.07, 6.45) is 4.41. The van der Waals surface area contributed by atoms with Crippen molar-refractivity contribution in [3.63, 3.8) is 0 Å². The van der Waals surface area contributed by atoms with Crippen molar-refractivity contribution >= 4 is 17.3 Å². The summed E-state index contributed by atoms with van der Waals surface area (Å²) in [7, 11) is 0. The Balaban J connectivity index is 1.81. The Morgan fingerprint density at radius 1 is 1.32 bits per heavy atom. The first-order valence-corrected chi connectivity index (χ1v) is 6.16. The molecule has 0 aliphatic carbocycles. The molecule has 19 heavy (non-hydrogen) atoms. The monoisotopic (exact) mass is 254 g/mol. The standard InChI is InChI=1S/C14H14N4O/c1-10-2-4-12(5-3-10)18-14(19)9-11(17-18)8-13-15-6-7-16-13/h2-7H,8-9H2,1H3,(H,15,16). The van der Waals surface area contributed by atoms with Gasteiger partial charge in [0.05, 0.1) is 17.8 Å². The van der Waals surface area contributed by atoms with Gasteiger partial charge in [0.1, 0.15) is 5.82 Å². The highest BCUT2D eigenvalue weighted by Crippen LogP contribution is 2.21. The molecule has 0 bridgehead atoms. The number of hydrogen-bond donors (Lipinski definition) is 1. The second kappa shape index (κ2) is 4.68. The van der Waals surface area contributed by atoms with Crippen LogP contribution in [0.5, 0.6) is 0 Å². The van der Waals surface area contributed by atoms with Gasteiger partial charge in [-0.2, -0.15) is 5.10 Å². The molecule has 1 aromatic heterocycles. The van der Waals surface area contributed by atoms with E-state index in [4.69, 9.17) is 0 Å². The summed E-state index contributed by atoms with van der Waals surface area (Å²) in [4.78, 5) is 19.1. The Morgan fingerprint density at radius 2 is 2.11 bits per heavy atom. The molecule has 0 radical (unpaired) electrons. The van der Waals surface area contributed by atoms with Gasteiger partial charge in [-0.25, -0.2) is 9.99 Å². The number of imidazole rings is 1. The molecule has 2 heterocycles. The highest BCUT2D eigenvalue weighted by Gasteiger charge is 2.25. The Labute approximate surface area is 111 Å². The van der Waals surface area contributed by atoms with Gasteiger partial charge in [-0.3, -0.25) is 4.79 Å². The van der Waals surface area contributed by atoms with E-state index in [0.717, 1.165) is 22.8 Å². The smallest absolute Gasteiger partial charge is 0.253 e. The summed E-state index contributed by atoms with van der Waals surface area (Å²) >= 11 is 0. The van der Waals surface area contributed by atoms with Crippen molar-refractivity contribution in [2.24, 2.45) is 5.10 Å². The van der Waals surface area contributed by atoms with E-state index in [1.807, 2.05) is 31.2 Å². The molecular formula is C14H14N4O. The molecule has 0 atom stereocenters. The molecule has 3 rings (SSSR count). The van der Waals surface area contributed by atoms with E-state index in [1.165, 1.54) is 5.01 Å². The number of nitrogens with one attached hydrogen (secondary N) is 1.